The highest BCUT2D eigenvalue weighted by Crippen LogP contribution is 2.54. The molecule has 124 valence electrons. The summed E-state index contributed by atoms with van der Waals surface area (Å²) in [6, 6.07) is 0.698. The summed E-state index contributed by atoms with van der Waals surface area (Å²) in [5, 5.41) is 16.3. The summed E-state index contributed by atoms with van der Waals surface area (Å²) in [7, 11) is 0. The zero-order valence-corrected chi connectivity index (χ0v) is 13.0. The molecule has 0 aliphatic heterocycles. The Balaban J connectivity index is 1.47. The van der Waals surface area contributed by atoms with Gasteiger partial charge >= 0.3 is 0 Å². The van der Waals surface area contributed by atoms with E-state index in [0.717, 1.165) is 25.7 Å². The largest absolute Gasteiger partial charge is 0.393 e. The lowest BCUT2D eigenvalue weighted by molar-refractivity contribution is -0.00415. The maximum atomic E-state index is 11.6. The van der Waals surface area contributed by atoms with E-state index in [4.69, 9.17) is 5.73 Å². The first-order valence-electron chi connectivity index (χ1n) is 8.48. The van der Waals surface area contributed by atoms with Crippen molar-refractivity contribution in [2.24, 2.45) is 17.6 Å². The van der Waals surface area contributed by atoms with Crippen LogP contribution >= 0.6 is 0 Å². The topological polar surface area (TPSA) is 113 Å². The molecule has 0 aromatic carbocycles. The van der Waals surface area contributed by atoms with E-state index in [9.17, 15) is 9.90 Å². The van der Waals surface area contributed by atoms with Crippen LogP contribution in [0.5, 0.6) is 0 Å². The standard InChI is InChI=1S/C16H23N5O2/c17-14(23)12-7-18-16(19-10-1-3-11(22)4-2-10)21-15(12)20-13-8-5-9(13)6-8/h7-11,13,22H,1-6H2,(H2,17,23)(H2,18,19,20,21). The van der Waals surface area contributed by atoms with Crippen LogP contribution in [0.2, 0.25) is 0 Å². The third kappa shape index (κ3) is 2.73. The first kappa shape index (κ1) is 14.7. The van der Waals surface area contributed by atoms with Gasteiger partial charge in [0.15, 0.2) is 0 Å². The number of aliphatic hydroxyl groups excluding tert-OH is 1. The number of aliphatic hydroxyl groups is 1. The minimum Gasteiger partial charge on any atom is -0.393 e. The Bertz CT molecular complexity index is 600. The molecule has 1 amide bonds. The van der Waals surface area contributed by atoms with Gasteiger partial charge < -0.3 is 21.5 Å². The second-order valence-corrected chi connectivity index (χ2v) is 7.13. The average Bonchev–Trinajstić information content (AvgIpc) is 2.45. The van der Waals surface area contributed by atoms with Gasteiger partial charge in [-0.1, -0.05) is 0 Å². The number of nitrogens with two attached hydrogens (primary N) is 1. The van der Waals surface area contributed by atoms with E-state index >= 15 is 0 Å². The van der Waals surface area contributed by atoms with Crippen molar-refractivity contribution in [2.75, 3.05) is 10.6 Å². The molecule has 2 bridgehead atoms. The molecule has 0 saturated heterocycles. The molecule has 4 fully saturated rings. The summed E-state index contributed by atoms with van der Waals surface area (Å²) in [4.78, 5) is 20.3. The lowest BCUT2D eigenvalue weighted by Crippen LogP contribution is -2.59. The lowest BCUT2D eigenvalue weighted by Gasteiger charge is -2.58. The van der Waals surface area contributed by atoms with Crippen molar-refractivity contribution in [3.05, 3.63) is 11.8 Å². The van der Waals surface area contributed by atoms with E-state index < -0.39 is 5.91 Å². The molecular weight excluding hydrogens is 294 g/mol. The minimum absolute atomic E-state index is 0.186. The maximum Gasteiger partial charge on any atom is 0.254 e. The Kier molecular flexibility index (Phi) is 3.60. The highest BCUT2D eigenvalue weighted by atomic mass is 16.3. The fourth-order valence-corrected chi connectivity index (χ4v) is 3.83. The number of aromatic nitrogens is 2. The first-order valence-corrected chi connectivity index (χ1v) is 8.48. The smallest absolute Gasteiger partial charge is 0.254 e. The van der Waals surface area contributed by atoms with Crippen molar-refractivity contribution in [3.8, 4) is 0 Å². The van der Waals surface area contributed by atoms with Crippen LogP contribution in [0, 0.1) is 11.8 Å². The molecule has 0 atom stereocenters. The van der Waals surface area contributed by atoms with Crippen molar-refractivity contribution in [3.63, 3.8) is 0 Å². The molecule has 4 aliphatic carbocycles. The van der Waals surface area contributed by atoms with Crippen LogP contribution in [0.1, 0.15) is 48.9 Å². The molecule has 5 rings (SSSR count). The normalized spacial score (nSPS) is 34.9. The average molecular weight is 317 g/mol. The second kappa shape index (κ2) is 5.63. The maximum absolute atomic E-state index is 11.6. The molecule has 7 heteroatoms. The number of nitrogens with zero attached hydrogens (tertiary/aromatic N) is 2. The van der Waals surface area contributed by atoms with E-state index in [0.29, 0.717) is 35.2 Å². The molecule has 1 aromatic rings. The van der Waals surface area contributed by atoms with Gasteiger partial charge in [0.1, 0.15) is 5.82 Å². The van der Waals surface area contributed by atoms with E-state index in [2.05, 4.69) is 20.6 Å². The van der Waals surface area contributed by atoms with Crippen LogP contribution in [-0.4, -0.2) is 39.2 Å². The third-order valence-corrected chi connectivity index (χ3v) is 5.61. The molecule has 1 heterocycles. The van der Waals surface area contributed by atoms with Crippen LogP contribution in [-0.2, 0) is 0 Å². The second-order valence-electron chi connectivity index (χ2n) is 7.13. The van der Waals surface area contributed by atoms with Gasteiger partial charge in [0.25, 0.3) is 5.91 Å². The van der Waals surface area contributed by atoms with Crippen molar-refractivity contribution in [1.29, 1.82) is 0 Å². The molecule has 4 aliphatic rings. The summed E-state index contributed by atoms with van der Waals surface area (Å²) in [5.74, 6) is 1.99. The van der Waals surface area contributed by atoms with Crippen molar-refractivity contribution < 1.29 is 9.90 Å². The summed E-state index contributed by atoms with van der Waals surface area (Å²) >= 11 is 0. The molecule has 0 radical (unpaired) electrons. The lowest BCUT2D eigenvalue weighted by atomic mass is 9.52. The van der Waals surface area contributed by atoms with Gasteiger partial charge in [-0.25, -0.2) is 4.98 Å². The highest BCUT2D eigenvalue weighted by Gasteiger charge is 2.52. The van der Waals surface area contributed by atoms with Gasteiger partial charge in [-0.05, 0) is 50.4 Å². The summed E-state index contributed by atoms with van der Waals surface area (Å²) in [6.07, 6.45) is 7.28. The van der Waals surface area contributed by atoms with E-state index in [1.54, 1.807) is 0 Å². The molecule has 0 spiro atoms. The molecule has 1 aromatic heterocycles. The van der Waals surface area contributed by atoms with E-state index in [1.807, 2.05) is 0 Å². The van der Waals surface area contributed by atoms with Crippen LogP contribution in [0.4, 0.5) is 11.8 Å². The molecule has 7 nitrogen and oxygen atoms in total. The number of primary amides is 1. The molecular formula is C16H23N5O2. The number of carbonyl (C=O) groups excluding carboxylic acids is 1. The number of hydrogen-bond donors (Lipinski definition) is 4. The van der Waals surface area contributed by atoms with Gasteiger partial charge in [0.2, 0.25) is 5.95 Å². The predicted molar refractivity (Wildman–Crippen MR) is 86.1 cm³/mol. The van der Waals surface area contributed by atoms with E-state index in [-0.39, 0.29) is 12.1 Å². The Morgan fingerprint density at radius 1 is 1.17 bits per heavy atom. The van der Waals surface area contributed by atoms with Crippen molar-refractivity contribution in [1.82, 2.24) is 9.97 Å². The first-order chi connectivity index (χ1) is 11.1. The SMILES string of the molecule is NC(=O)c1cnc(NC2CCC(O)CC2)nc1NC1C2CC1C2. The molecule has 0 unspecified atom stereocenters. The van der Waals surface area contributed by atoms with Crippen molar-refractivity contribution in [2.45, 2.75) is 56.7 Å². The Labute approximate surface area is 135 Å². The number of nitrogens with one attached hydrogen (secondary N) is 2. The fourth-order valence-electron chi connectivity index (χ4n) is 3.83. The number of hydrogen-bond acceptors (Lipinski definition) is 6. The Morgan fingerprint density at radius 3 is 2.43 bits per heavy atom. The number of anilines is 2. The van der Waals surface area contributed by atoms with Crippen LogP contribution in [0.15, 0.2) is 6.20 Å². The van der Waals surface area contributed by atoms with Gasteiger partial charge in [-0.2, -0.15) is 4.98 Å². The van der Waals surface area contributed by atoms with Gasteiger partial charge in [0, 0.05) is 18.3 Å². The predicted octanol–water partition coefficient (Wildman–Crippen LogP) is 1.11. The monoisotopic (exact) mass is 317 g/mol. The number of rotatable bonds is 5. The fraction of sp³-hybridized carbons (Fsp3) is 0.688. The van der Waals surface area contributed by atoms with Crippen LogP contribution < -0.4 is 16.4 Å². The Morgan fingerprint density at radius 2 is 1.87 bits per heavy atom. The van der Waals surface area contributed by atoms with Gasteiger partial charge in [0.05, 0.1) is 11.7 Å². The number of amides is 1. The highest BCUT2D eigenvalue weighted by molar-refractivity contribution is 5.97. The Hall–Kier alpha value is -1.89. The molecule has 4 saturated carbocycles. The summed E-state index contributed by atoms with van der Waals surface area (Å²) < 4.78 is 0. The quantitative estimate of drug-likeness (QED) is 0.647. The minimum atomic E-state index is -0.507. The molecule has 23 heavy (non-hydrogen) atoms. The van der Waals surface area contributed by atoms with Crippen molar-refractivity contribution >= 4 is 17.7 Å². The van der Waals surface area contributed by atoms with Gasteiger partial charge in [-0.3, -0.25) is 4.79 Å². The zero-order valence-electron chi connectivity index (χ0n) is 13.0. The van der Waals surface area contributed by atoms with Crippen LogP contribution in [0.25, 0.3) is 0 Å². The van der Waals surface area contributed by atoms with Crippen LogP contribution in [0.3, 0.4) is 0 Å². The molecule has 5 N–H and O–H groups in total. The number of carbonyl (C=O) groups is 1. The third-order valence-electron chi connectivity index (χ3n) is 5.61. The summed E-state index contributed by atoms with van der Waals surface area (Å²) in [6.45, 7) is 0. The van der Waals surface area contributed by atoms with Gasteiger partial charge in [-0.15, -0.1) is 0 Å². The summed E-state index contributed by atoms with van der Waals surface area (Å²) in [5.41, 5.74) is 5.79. The zero-order chi connectivity index (χ0) is 16.0. The van der Waals surface area contributed by atoms with E-state index in [1.165, 1.54) is 19.0 Å².